The van der Waals surface area contributed by atoms with Gasteiger partial charge in [0.25, 0.3) is 0 Å². The number of hydrogen-bond acceptors (Lipinski definition) is 3. The van der Waals surface area contributed by atoms with E-state index >= 15 is 0 Å². The molecular formula is C8H16N3OP. The highest BCUT2D eigenvalue weighted by molar-refractivity contribution is 7.19. The van der Waals surface area contributed by atoms with Gasteiger partial charge in [-0.2, -0.15) is 0 Å². The second-order valence-electron chi connectivity index (χ2n) is 3.21. The minimum atomic E-state index is -0.459. The molecule has 13 heavy (non-hydrogen) atoms. The summed E-state index contributed by atoms with van der Waals surface area (Å²) in [5, 5.41) is -0.459. The van der Waals surface area contributed by atoms with Crippen LogP contribution >= 0.6 is 9.24 Å². The van der Waals surface area contributed by atoms with Gasteiger partial charge in [0.05, 0.1) is 11.8 Å². The molecule has 2 unspecified atom stereocenters. The number of hydrogen-bond donors (Lipinski definition) is 2. The molecule has 1 amide bonds. The summed E-state index contributed by atoms with van der Waals surface area (Å²) >= 11 is 0. The van der Waals surface area contributed by atoms with E-state index in [2.05, 4.69) is 9.24 Å². The average Bonchev–Trinajstić information content (AvgIpc) is 2.39. The van der Waals surface area contributed by atoms with Crippen LogP contribution in [0.5, 0.6) is 0 Å². The van der Waals surface area contributed by atoms with Gasteiger partial charge in [0.1, 0.15) is 0 Å². The fraction of sp³-hybridized carbons (Fsp3) is 0.625. The second-order valence-corrected chi connectivity index (χ2v) is 4.24. The van der Waals surface area contributed by atoms with Crippen molar-refractivity contribution in [1.82, 2.24) is 4.90 Å². The molecule has 0 saturated carbocycles. The Bertz CT molecular complexity index is 250. The normalized spacial score (nSPS) is 31.4. The van der Waals surface area contributed by atoms with Gasteiger partial charge in [-0.05, 0) is 13.3 Å². The Labute approximate surface area is 80.5 Å². The summed E-state index contributed by atoms with van der Waals surface area (Å²) in [5.41, 5.74) is 12.1. The molecule has 2 atom stereocenters. The molecule has 0 aromatic carbocycles. The van der Waals surface area contributed by atoms with Crippen molar-refractivity contribution in [2.75, 3.05) is 13.1 Å². The lowest BCUT2D eigenvalue weighted by Crippen LogP contribution is -2.38. The van der Waals surface area contributed by atoms with Gasteiger partial charge in [0.15, 0.2) is 0 Å². The molecule has 0 aliphatic carbocycles. The molecule has 5 heteroatoms. The van der Waals surface area contributed by atoms with Gasteiger partial charge in [-0.1, -0.05) is 6.08 Å². The topological polar surface area (TPSA) is 72.3 Å². The standard InChI is InChI=1S/C8H16N3OP/c1-2-6-8(10,13)3-4-11(6)7(12)5-9/h2H,3-5,9-10,13H2,1H3. The van der Waals surface area contributed by atoms with E-state index in [9.17, 15) is 4.79 Å². The highest BCUT2D eigenvalue weighted by atomic mass is 31.0. The molecule has 0 spiro atoms. The molecule has 1 saturated heterocycles. The van der Waals surface area contributed by atoms with Crippen molar-refractivity contribution in [2.24, 2.45) is 11.5 Å². The molecular weight excluding hydrogens is 185 g/mol. The molecule has 1 heterocycles. The lowest BCUT2D eigenvalue weighted by molar-refractivity contribution is -0.127. The van der Waals surface area contributed by atoms with Gasteiger partial charge >= 0.3 is 0 Å². The van der Waals surface area contributed by atoms with Crippen molar-refractivity contribution >= 4 is 15.1 Å². The molecule has 0 aromatic heterocycles. The average molecular weight is 201 g/mol. The van der Waals surface area contributed by atoms with Gasteiger partial charge in [0.2, 0.25) is 5.91 Å². The van der Waals surface area contributed by atoms with E-state index in [4.69, 9.17) is 11.5 Å². The zero-order valence-electron chi connectivity index (χ0n) is 7.79. The van der Waals surface area contributed by atoms with Crippen LogP contribution in [0.25, 0.3) is 0 Å². The Hall–Kier alpha value is -0.440. The number of amides is 1. The van der Waals surface area contributed by atoms with Crippen LogP contribution in [0.2, 0.25) is 0 Å². The van der Waals surface area contributed by atoms with Crippen LogP contribution in [0.1, 0.15) is 13.3 Å². The Morgan fingerprint density at radius 2 is 2.46 bits per heavy atom. The lowest BCUT2D eigenvalue weighted by Gasteiger charge is -2.23. The maximum atomic E-state index is 11.4. The Balaban J connectivity index is 2.87. The summed E-state index contributed by atoms with van der Waals surface area (Å²) in [6.07, 6.45) is 2.64. The Morgan fingerprint density at radius 3 is 2.92 bits per heavy atom. The molecule has 4 nitrogen and oxygen atoms in total. The lowest BCUT2D eigenvalue weighted by atomic mass is 10.2. The van der Waals surface area contributed by atoms with Gasteiger partial charge < -0.3 is 16.4 Å². The van der Waals surface area contributed by atoms with E-state index in [0.717, 1.165) is 12.1 Å². The largest absolute Gasteiger partial charge is 0.322 e. The highest BCUT2D eigenvalue weighted by Gasteiger charge is 2.37. The van der Waals surface area contributed by atoms with Crippen molar-refractivity contribution < 1.29 is 4.79 Å². The first-order chi connectivity index (χ1) is 6.03. The van der Waals surface area contributed by atoms with Crippen LogP contribution < -0.4 is 11.5 Å². The number of nitrogens with two attached hydrogens (primary N) is 2. The minimum absolute atomic E-state index is 0.0398. The molecule has 1 rings (SSSR count). The third kappa shape index (κ3) is 1.90. The van der Waals surface area contributed by atoms with Crippen molar-refractivity contribution in [3.05, 3.63) is 11.8 Å². The van der Waals surface area contributed by atoms with E-state index in [1.165, 1.54) is 0 Å². The molecule has 0 aromatic rings. The summed E-state index contributed by atoms with van der Waals surface area (Å²) in [7, 11) is 2.58. The van der Waals surface area contributed by atoms with Crippen LogP contribution in [0, 0.1) is 0 Å². The number of carbonyl (C=O) groups is 1. The van der Waals surface area contributed by atoms with Crippen LogP contribution in [-0.2, 0) is 4.79 Å². The number of allylic oxidation sites excluding steroid dienone is 1. The molecule has 0 radical (unpaired) electrons. The molecule has 1 aliphatic rings. The van der Waals surface area contributed by atoms with Gasteiger partial charge in [-0.15, -0.1) is 9.24 Å². The molecule has 1 aliphatic heterocycles. The van der Waals surface area contributed by atoms with E-state index in [1.54, 1.807) is 4.90 Å². The molecule has 0 bridgehead atoms. The van der Waals surface area contributed by atoms with Crippen molar-refractivity contribution in [3.8, 4) is 0 Å². The first-order valence-corrected chi connectivity index (χ1v) is 4.85. The second kappa shape index (κ2) is 3.74. The van der Waals surface area contributed by atoms with Crippen LogP contribution in [0.4, 0.5) is 0 Å². The number of nitrogens with zero attached hydrogens (tertiary/aromatic N) is 1. The zero-order chi connectivity index (χ0) is 10.1. The molecule has 4 N–H and O–H groups in total. The third-order valence-electron chi connectivity index (χ3n) is 2.27. The fourth-order valence-corrected chi connectivity index (χ4v) is 2.04. The summed E-state index contributed by atoms with van der Waals surface area (Å²) < 4.78 is 0. The quantitative estimate of drug-likeness (QED) is 0.567. The van der Waals surface area contributed by atoms with E-state index in [-0.39, 0.29) is 12.5 Å². The SMILES string of the molecule is CC=C1N(C(=O)CN)CCC1(N)P. The summed E-state index contributed by atoms with van der Waals surface area (Å²) in [5.74, 6) is -0.0668. The smallest absolute Gasteiger partial charge is 0.240 e. The predicted molar refractivity (Wildman–Crippen MR) is 55.8 cm³/mol. The maximum absolute atomic E-state index is 11.4. The Morgan fingerprint density at radius 1 is 1.85 bits per heavy atom. The van der Waals surface area contributed by atoms with Crippen LogP contribution in [0.15, 0.2) is 11.8 Å². The molecule has 74 valence electrons. The minimum Gasteiger partial charge on any atom is -0.322 e. The predicted octanol–water partition coefficient (Wildman–Crippen LogP) is -0.389. The van der Waals surface area contributed by atoms with Crippen LogP contribution in [-0.4, -0.2) is 29.2 Å². The highest BCUT2D eigenvalue weighted by Crippen LogP contribution is 2.34. The van der Waals surface area contributed by atoms with E-state index in [1.807, 2.05) is 13.0 Å². The van der Waals surface area contributed by atoms with Crippen molar-refractivity contribution in [2.45, 2.75) is 18.6 Å². The maximum Gasteiger partial charge on any atom is 0.240 e. The van der Waals surface area contributed by atoms with Gasteiger partial charge in [-0.25, -0.2) is 0 Å². The van der Waals surface area contributed by atoms with Crippen molar-refractivity contribution in [1.29, 1.82) is 0 Å². The third-order valence-corrected chi connectivity index (χ3v) is 2.85. The number of likely N-dealkylation sites (tertiary alicyclic amines) is 1. The van der Waals surface area contributed by atoms with Crippen LogP contribution in [0.3, 0.4) is 0 Å². The summed E-state index contributed by atoms with van der Waals surface area (Å²) in [6.45, 7) is 2.58. The fourth-order valence-electron chi connectivity index (χ4n) is 1.59. The molecule has 1 fully saturated rings. The zero-order valence-corrected chi connectivity index (χ0v) is 8.94. The van der Waals surface area contributed by atoms with Gasteiger partial charge in [0, 0.05) is 12.2 Å². The Kier molecular flexibility index (Phi) is 3.06. The number of carbonyl (C=O) groups excluding carboxylic acids is 1. The van der Waals surface area contributed by atoms with Gasteiger partial charge in [-0.3, -0.25) is 4.79 Å². The number of rotatable bonds is 1. The van der Waals surface area contributed by atoms with E-state index < -0.39 is 5.28 Å². The monoisotopic (exact) mass is 201 g/mol. The summed E-state index contributed by atoms with van der Waals surface area (Å²) in [6, 6.07) is 0. The first kappa shape index (κ1) is 10.6. The van der Waals surface area contributed by atoms with Crippen molar-refractivity contribution in [3.63, 3.8) is 0 Å². The summed E-state index contributed by atoms with van der Waals surface area (Å²) in [4.78, 5) is 13.0. The van der Waals surface area contributed by atoms with E-state index in [0.29, 0.717) is 6.54 Å². The first-order valence-electron chi connectivity index (χ1n) is 4.28.